The summed E-state index contributed by atoms with van der Waals surface area (Å²) in [4.78, 5) is 12.7. The number of nitrogens with one attached hydrogen (secondary N) is 1. The first-order chi connectivity index (χ1) is 9.04. The minimum Gasteiger partial charge on any atom is -0.397 e. The Balaban J connectivity index is 2.18. The average molecular weight is 280 g/mol. The molecule has 1 saturated carbocycles. The molecule has 0 unspecified atom stereocenters. The molecule has 1 fully saturated rings. The number of rotatable bonds is 7. The van der Waals surface area contributed by atoms with Gasteiger partial charge in [-0.15, -0.1) is 11.3 Å². The Labute approximate surface area is 119 Å². The minimum absolute atomic E-state index is 0.168. The van der Waals surface area contributed by atoms with Crippen molar-refractivity contribution in [2.75, 3.05) is 17.6 Å². The van der Waals surface area contributed by atoms with Gasteiger partial charge in [0.05, 0.1) is 15.6 Å². The second-order valence-corrected chi connectivity index (χ2v) is 6.77. The highest BCUT2D eigenvalue weighted by Crippen LogP contribution is 2.51. The topological polar surface area (TPSA) is 55.1 Å². The van der Waals surface area contributed by atoms with Gasteiger partial charge in [-0.2, -0.15) is 0 Å². The van der Waals surface area contributed by atoms with Gasteiger partial charge in [0.2, 0.25) is 0 Å². The van der Waals surface area contributed by atoms with Gasteiger partial charge in [-0.1, -0.05) is 20.8 Å². The lowest BCUT2D eigenvalue weighted by Crippen LogP contribution is -2.05. The third kappa shape index (κ3) is 3.30. The van der Waals surface area contributed by atoms with Crippen LogP contribution in [0.1, 0.15) is 67.6 Å². The van der Waals surface area contributed by atoms with Crippen LogP contribution >= 0.6 is 11.3 Å². The highest BCUT2D eigenvalue weighted by atomic mass is 32.1. The summed E-state index contributed by atoms with van der Waals surface area (Å²) in [6.45, 7) is 7.29. The maximum Gasteiger partial charge on any atom is 0.174 e. The van der Waals surface area contributed by atoms with Crippen molar-refractivity contribution in [3.05, 3.63) is 10.4 Å². The Kier molecular flexibility index (Phi) is 4.50. The zero-order chi connectivity index (χ0) is 14.0. The average Bonchev–Trinajstić information content (AvgIpc) is 3.13. The number of thiophene rings is 1. The van der Waals surface area contributed by atoms with E-state index in [2.05, 4.69) is 19.2 Å². The number of nitrogen functional groups attached to an aromatic ring is 1. The first kappa shape index (κ1) is 14.4. The van der Waals surface area contributed by atoms with E-state index >= 15 is 0 Å². The van der Waals surface area contributed by atoms with Gasteiger partial charge in [-0.25, -0.2) is 0 Å². The van der Waals surface area contributed by atoms with Crippen molar-refractivity contribution in [3.63, 3.8) is 0 Å². The normalized spacial score (nSPS) is 14.9. The van der Waals surface area contributed by atoms with Crippen LogP contribution in [0.25, 0.3) is 0 Å². The van der Waals surface area contributed by atoms with Crippen molar-refractivity contribution in [3.8, 4) is 0 Å². The second-order valence-electron chi connectivity index (χ2n) is 5.75. The molecule has 1 aliphatic rings. The van der Waals surface area contributed by atoms with E-state index in [1.165, 1.54) is 18.4 Å². The summed E-state index contributed by atoms with van der Waals surface area (Å²) in [6, 6.07) is 0. The Morgan fingerprint density at radius 2 is 2.16 bits per heavy atom. The number of anilines is 2. The lowest BCUT2D eigenvalue weighted by Gasteiger charge is -2.08. The van der Waals surface area contributed by atoms with Gasteiger partial charge < -0.3 is 11.1 Å². The molecular formula is C15H24N2OS. The molecule has 2 rings (SSSR count). The molecule has 0 radical (unpaired) electrons. The first-order valence-electron chi connectivity index (χ1n) is 7.23. The molecule has 0 bridgehead atoms. The fourth-order valence-corrected chi connectivity index (χ4v) is 3.45. The van der Waals surface area contributed by atoms with Crippen LogP contribution in [0.5, 0.6) is 0 Å². The van der Waals surface area contributed by atoms with Crippen molar-refractivity contribution < 1.29 is 4.79 Å². The van der Waals surface area contributed by atoms with Crippen LogP contribution < -0.4 is 11.1 Å². The maximum absolute atomic E-state index is 11.9. The van der Waals surface area contributed by atoms with Crippen LogP contribution in [0.4, 0.5) is 10.7 Å². The Morgan fingerprint density at radius 1 is 1.47 bits per heavy atom. The first-order valence-corrected chi connectivity index (χ1v) is 8.05. The molecule has 3 nitrogen and oxygen atoms in total. The molecule has 0 aromatic carbocycles. The van der Waals surface area contributed by atoms with Crippen LogP contribution in [0.2, 0.25) is 0 Å². The van der Waals surface area contributed by atoms with Crippen molar-refractivity contribution in [1.29, 1.82) is 0 Å². The van der Waals surface area contributed by atoms with Crippen LogP contribution in [-0.2, 0) is 0 Å². The summed E-state index contributed by atoms with van der Waals surface area (Å²) in [5.74, 6) is 1.43. The molecule has 0 aliphatic heterocycles. The van der Waals surface area contributed by atoms with E-state index in [0.717, 1.165) is 28.5 Å². The van der Waals surface area contributed by atoms with Crippen LogP contribution in [0.3, 0.4) is 0 Å². The molecule has 4 heteroatoms. The third-order valence-corrected chi connectivity index (χ3v) is 4.77. The number of Topliss-reactive ketones (excluding diaryl/α,β-unsaturated/α-hetero) is 1. The Bertz CT molecular complexity index is 461. The maximum atomic E-state index is 11.9. The monoisotopic (exact) mass is 280 g/mol. The second kappa shape index (κ2) is 5.95. The van der Waals surface area contributed by atoms with Gasteiger partial charge in [0.15, 0.2) is 5.78 Å². The number of hydrogen-bond acceptors (Lipinski definition) is 4. The summed E-state index contributed by atoms with van der Waals surface area (Å²) in [5, 5.41) is 4.63. The SMILES string of the molecule is CCC(=O)c1sc(NCCC(C)C)c(C2CC2)c1N. The highest BCUT2D eigenvalue weighted by Gasteiger charge is 2.32. The molecular weight excluding hydrogens is 256 g/mol. The zero-order valence-corrected chi connectivity index (χ0v) is 12.9. The van der Waals surface area contributed by atoms with E-state index in [4.69, 9.17) is 5.73 Å². The lowest BCUT2D eigenvalue weighted by atomic mass is 10.1. The Morgan fingerprint density at radius 3 is 2.68 bits per heavy atom. The van der Waals surface area contributed by atoms with Crippen molar-refractivity contribution in [1.82, 2.24) is 0 Å². The molecule has 0 spiro atoms. The molecule has 1 aliphatic carbocycles. The van der Waals surface area contributed by atoms with Crippen LogP contribution in [0.15, 0.2) is 0 Å². The molecule has 0 atom stereocenters. The molecule has 106 valence electrons. The van der Waals surface area contributed by atoms with Gasteiger partial charge in [0, 0.05) is 18.5 Å². The van der Waals surface area contributed by atoms with Gasteiger partial charge in [0.1, 0.15) is 0 Å². The van der Waals surface area contributed by atoms with Gasteiger partial charge in [0.25, 0.3) is 0 Å². The summed E-state index contributed by atoms with van der Waals surface area (Å²) in [6.07, 6.45) is 4.08. The van der Waals surface area contributed by atoms with Gasteiger partial charge in [-0.3, -0.25) is 4.79 Å². The van der Waals surface area contributed by atoms with Crippen molar-refractivity contribution in [2.45, 2.75) is 52.4 Å². The van der Waals surface area contributed by atoms with E-state index in [9.17, 15) is 4.79 Å². The lowest BCUT2D eigenvalue weighted by molar-refractivity contribution is 0.0993. The fraction of sp³-hybridized carbons (Fsp3) is 0.667. The quantitative estimate of drug-likeness (QED) is 0.734. The number of nitrogens with two attached hydrogens (primary N) is 1. The number of ketones is 1. The summed E-state index contributed by atoms with van der Waals surface area (Å²) in [5.41, 5.74) is 8.16. The molecule has 3 N–H and O–H groups in total. The largest absolute Gasteiger partial charge is 0.397 e. The molecule has 1 aromatic heterocycles. The standard InChI is InChI=1S/C15H24N2OS/c1-4-11(18)14-13(16)12(10-5-6-10)15(19-14)17-8-7-9(2)3/h9-10,17H,4-8,16H2,1-3H3. The minimum atomic E-state index is 0.168. The van der Waals surface area contributed by atoms with E-state index in [1.807, 2.05) is 6.92 Å². The fourth-order valence-electron chi connectivity index (χ4n) is 2.21. The van der Waals surface area contributed by atoms with E-state index < -0.39 is 0 Å². The van der Waals surface area contributed by atoms with Gasteiger partial charge >= 0.3 is 0 Å². The Hall–Kier alpha value is -1.03. The number of carbonyl (C=O) groups excluding carboxylic acids is 1. The molecule has 1 heterocycles. The predicted octanol–water partition coefficient (Wildman–Crippen LogP) is 4.26. The van der Waals surface area contributed by atoms with E-state index in [-0.39, 0.29) is 5.78 Å². The van der Waals surface area contributed by atoms with Gasteiger partial charge in [-0.05, 0) is 31.1 Å². The van der Waals surface area contributed by atoms with Crippen LogP contribution in [0, 0.1) is 5.92 Å². The van der Waals surface area contributed by atoms with Crippen molar-refractivity contribution >= 4 is 27.8 Å². The molecule has 1 aromatic rings. The molecule has 0 amide bonds. The highest BCUT2D eigenvalue weighted by molar-refractivity contribution is 7.18. The summed E-state index contributed by atoms with van der Waals surface area (Å²) < 4.78 is 0. The zero-order valence-electron chi connectivity index (χ0n) is 12.1. The van der Waals surface area contributed by atoms with Crippen LogP contribution in [-0.4, -0.2) is 12.3 Å². The van der Waals surface area contributed by atoms with Crippen molar-refractivity contribution in [2.24, 2.45) is 5.92 Å². The number of carbonyl (C=O) groups is 1. The molecule has 0 saturated heterocycles. The van der Waals surface area contributed by atoms with E-state index in [0.29, 0.717) is 18.3 Å². The third-order valence-electron chi connectivity index (χ3n) is 3.55. The molecule has 19 heavy (non-hydrogen) atoms. The predicted molar refractivity (Wildman–Crippen MR) is 83.3 cm³/mol. The number of hydrogen-bond donors (Lipinski definition) is 2. The summed E-state index contributed by atoms with van der Waals surface area (Å²) in [7, 11) is 0. The summed E-state index contributed by atoms with van der Waals surface area (Å²) >= 11 is 1.55. The van der Waals surface area contributed by atoms with E-state index in [1.54, 1.807) is 11.3 Å². The smallest absolute Gasteiger partial charge is 0.174 e.